The van der Waals surface area contributed by atoms with Crippen LogP contribution in [0.3, 0.4) is 0 Å². The number of rotatable bonds is 21. The summed E-state index contributed by atoms with van der Waals surface area (Å²) in [4.78, 5) is 11.9. The molecule has 0 aromatic rings. The lowest BCUT2D eigenvalue weighted by Crippen LogP contribution is -2.46. The first-order valence-corrected chi connectivity index (χ1v) is 12.2. The highest BCUT2D eigenvalue weighted by molar-refractivity contribution is 5.75. The van der Waals surface area contributed by atoms with Gasteiger partial charge in [-0.2, -0.15) is 0 Å². The molecule has 0 aliphatic heterocycles. The van der Waals surface area contributed by atoms with E-state index in [1.807, 2.05) is 0 Å². The zero-order valence-corrected chi connectivity index (χ0v) is 19.4. The van der Waals surface area contributed by atoms with E-state index in [1.54, 1.807) is 0 Å². The number of amides is 1. The summed E-state index contributed by atoms with van der Waals surface area (Å²) in [5.74, 6) is 0.179. The maximum absolute atomic E-state index is 11.9. The Kier molecular flexibility index (Phi) is 19.3. The highest BCUT2D eigenvalue weighted by atomic mass is 16.3. The van der Waals surface area contributed by atoms with Gasteiger partial charge in [0.2, 0.25) is 5.91 Å². The molecule has 0 saturated heterocycles. The lowest BCUT2D eigenvalue weighted by molar-refractivity contribution is -0.889. The van der Waals surface area contributed by atoms with Gasteiger partial charge in [-0.25, -0.2) is 0 Å². The van der Waals surface area contributed by atoms with Crippen molar-refractivity contribution in [1.82, 2.24) is 5.32 Å². The molecule has 0 aromatic heterocycles. The molecule has 0 rings (SSSR count). The van der Waals surface area contributed by atoms with Crippen molar-refractivity contribution in [2.24, 2.45) is 0 Å². The summed E-state index contributed by atoms with van der Waals surface area (Å²) in [5.41, 5.74) is 0. The SMILES string of the molecule is CCCCCCCCCCCCCCCCCC(=O)NCC[N+](C)(C)CCO. The molecular formula is C24H51N2O2+. The molecule has 2 N–H and O–H groups in total. The van der Waals surface area contributed by atoms with Gasteiger partial charge >= 0.3 is 0 Å². The van der Waals surface area contributed by atoms with Crippen molar-refractivity contribution < 1.29 is 14.4 Å². The number of likely N-dealkylation sites (N-methyl/N-ethyl adjacent to an activating group) is 1. The van der Waals surface area contributed by atoms with Gasteiger partial charge in [0.1, 0.15) is 6.54 Å². The van der Waals surface area contributed by atoms with Gasteiger partial charge in [0.25, 0.3) is 0 Å². The summed E-state index contributed by atoms with van der Waals surface area (Å²) in [5, 5.41) is 12.0. The molecule has 1 amide bonds. The topological polar surface area (TPSA) is 49.3 Å². The summed E-state index contributed by atoms with van der Waals surface area (Å²) in [7, 11) is 4.16. The third-order valence-electron chi connectivity index (χ3n) is 5.75. The lowest BCUT2D eigenvalue weighted by Gasteiger charge is -2.28. The number of aliphatic hydroxyl groups is 1. The van der Waals surface area contributed by atoms with E-state index in [0.29, 0.717) is 13.0 Å². The lowest BCUT2D eigenvalue weighted by atomic mass is 10.0. The number of unbranched alkanes of at least 4 members (excludes halogenated alkanes) is 14. The fraction of sp³-hybridized carbons (Fsp3) is 0.958. The predicted octanol–water partition coefficient (Wildman–Crippen LogP) is 5.43. The number of nitrogens with one attached hydrogen (secondary N) is 1. The summed E-state index contributed by atoms with van der Waals surface area (Å²) >= 11 is 0. The van der Waals surface area contributed by atoms with E-state index in [1.165, 1.54) is 89.9 Å². The van der Waals surface area contributed by atoms with Crippen LogP contribution in [-0.4, -0.2) is 55.8 Å². The minimum Gasteiger partial charge on any atom is -0.391 e. The van der Waals surface area contributed by atoms with Crippen molar-refractivity contribution in [2.45, 2.75) is 110 Å². The highest BCUT2D eigenvalue weighted by Crippen LogP contribution is 2.13. The predicted molar refractivity (Wildman–Crippen MR) is 121 cm³/mol. The zero-order valence-electron chi connectivity index (χ0n) is 19.4. The molecule has 0 aliphatic carbocycles. The third-order valence-corrected chi connectivity index (χ3v) is 5.75. The molecule has 0 bridgehead atoms. The fourth-order valence-corrected chi connectivity index (χ4v) is 3.63. The Bertz CT molecular complexity index is 345. The van der Waals surface area contributed by atoms with Crippen LogP contribution >= 0.6 is 0 Å². The van der Waals surface area contributed by atoms with Gasteiger partial charge in [-0.05, 0) is 6.42 Å². The van der Waals surface area contributed by atoms with Crippen LogP contribution in [0, 0.1) is 0 Å². The first kappa shape index (κ1) is 27.4. The Labute approximate surface area is 176 Å². The Morgan fingerprint density at radius 3 is 1.57 bits per heavy atom. The number of carbonyl (C=O) groups is 1. The number of hydrogen-bond acceptors (Lipinski definition) is 2. The van der Waals surface area contributed by atoms with Crippen LogP contribution in [0.1, 0.15) is 110 Å². The average Bonchev–Trinajstić information content (AvgIpc) is 2.64. The average molecular weight is 400 g/mol. The molecule has 0 unspecified atom stereocenters. The minimum absolute atomic E-state index is 0.179. The van der Waals surface area contributed by atoms with Crippen molar-refractivity contribution in [3.05, 3.63) is 0 Å². The van der Waals surface area contributed by atoms with Gasteiger partial charge in [-0.1, -0.05) is 96.8 Å². The van der Waals surface area contributed by atoms with E-state index in [4.69, 9.17) is 5.11 Å². The standard InChI is InChI=1S/C24H50N2O2/c1-4-5-6-7-8-9-10-11-12-13-14-15-16-17-18-19-24(28)25-20-21-26(2,3)22-23-27/h27H,4-23H2,1-3H3/p+1. The van der Waals surface area contributed by atoms with E-state index in [9.17, 15) is 4.79 Å². The van der Waals surface area contributed by atoms with Gasteiger partial charge < -0.3 is 14.9 Å². The summed E-state index contributed by atoms with van der Waals surface area (Å²) < 4.78 is 0.746. The molecule has 4 heteroatoms. The van der Waals surface area contributed by atoms with Gasteiger partial charge in [-0.3, -0.25) is 4.79 Å². The molecule has 0 atom stereocenters. The summed E-state index contributed by atoms with van der Waals surface area (Å²) in [6, 6.07) is 0. The molecule has 0 aromatic carbocycles. The molecule has 28 heavy (non-hydrogen) atoms. The maximum atomic E-state index is 11.9. The monoisotopic (exact) mass is 399 g/mol. The quantitative estimate of drug-likeness (QED) is 0.200. The van der Waals surface area contributed by atoms with Crippen LogP contribution in [0.5, 0.6) is 0 Å². The minimum atomic E-state index is 0.179. The zero-order chi connectivity index (χ0) is 20.9. The Hall–Kier alpha value is -0.610. The van der Waals surface area contributed by atoms with Crippen LogP contribution in [-0.2, 0) is 4.79 Å². The number of nitrogens with zero attached hydrogens (tertiary/aromatic N) is 1. The van der Waals surface area contributed by atoms with E-state index < -0.39 is 0 Å². The van der Waals surface area contributed by atoms with Crippen molar-refractivity contribution in [2.75, 3.05) is 40.3 Å². The molecule has 0 heterocycles. The van der Waals surface area contributed by atoms with Gasteiger partial charge in [-0.15, -0.1) is 0 Å². The van der Waals surface area contributed by atoms with E-state index in [2.05, 4.69) is 26.3 Å². The third kappa shape index (κ3) is 20.1. The number of carbonyl (C=O) groups excluding carboxylic acids is 1. The van der Waals surface area contributed by atoms with Gasteiger partial charge in [0, 0.05) is 6.42 Å². The van der Waals surface area contributed by atoms with Crippen LogP contribution in [0.2, 0.25) is 0 Å². The molecule has 4 nitrogen and oxygen atoms in total. The van der Waals surface area contributed by atoms with Crippen LogP contribution in [0.25, 0.3) is 0 Å². The summed E-state index contributed by atoms with van der Waals surface area (Å²) in [6.45, 7) is 4.77. The second-order valence-electron chi connectivity index (χ2n) is 9.16. The number of quaternary nitrogens is 1. The van der Waals surface area contributed by atoms with Crippen LogP contribution in [0.4, 0.5) is 0 Å². The van der Waals surface area contributed by atoms with Crippen molar-refractivity contribution in [3.8, 4) is 0 Å². The normalized spacial score (nSPS) is 11.7. The van der Waals surface area contributed by atoms with Crippen molar-refractivity contribution in [3.63, 3.8) is 0 Å². The van der Waals surface area contributed by atoms with Crippen LogP contribution in [0.15, 0.2) is 0 Å². The number of hydrogen-bond donors (Lipinski definition) is 2. The Balaban J connectivity index is 3.25. The summed E-state index contributed by atoms with van der Waals surface area (Å²) in [6.07, 6.45) is 20.9. The molecule has 168 valence electrons. The number of aliphatic hydroxyl groups excluding tert-OH is 1. The van der Waals surface area contributed by atoms with Gasteiger partial charge in [0.15, 0.2) is 0 Å². The molecule has 0 aliphatic rings. The first-order valence-electron chi connectivity index (χ1n) is 12.2. The van der Waals surface area contributed by atoms with Crippen molar-refractivity contribution >= 4 is 5.91 Å². The van der Waals surface area contributed by atoms with E-state index in [0.717, 1.165) is 24.0 Å². The van der Waals surface area contributed by atoms with Crippen molar-refractivity contribution in [1.29, 1.82) is 0 Å². The fourth-order valence-electron chi connectivity index (χ4n) is 3.63. The van der Waals surface area contributed by atoms with Crippen LogP contribution < -0.4 is 5.32 Å². The second kappa shape index (κ2) is 19.7. The molecule has 0 saturated carbocycles. The van der Waals surface area contributed by atoms with E-state index in [-0.39, 0.29) is 12.5 Å². The molecular weight excluding hydrogens is 348 g/mol. The molecule has 0 radical (unpaired) electrons. The van der Waals surface area contributed by atoms with E-state index >= 15 is 0 Å². The molecule has 0 spiro atoms. The molecule has 0 fully saturated rings. The Morgan fingerprint density at radius 2 is 1.14 bits per heavy atom. The maximum Gasteiger partial charge on any atom is 0.220 e. The highest BCUT2D eigenvalue weighted by Gasteiger charge is 2.13. The largest absolute Gasteiger partial charge is 0.391 e. The second-order valence-corrected chi connectivity index (χ2v) is 9.16. The first-order chi connectivity index (χ1) is 13.5. The Morgan fingerprint density at radius 1 is 0.714 bits per heavy atom. The van der Waals surface area contributed by atoms with Gasteiger partial charge in [0.05, 0.1) is 33.8 Å². The smallest absolute Gasteiger partial charge is 0.220 e.